The average Bonchev–Trinajstić information content (AvgIpc) is 2.45. The molecule has 0 radical (unpaired) electrons. The number of fused-ring (bicyclic) bond motifs is 1. The van der Waals surface area contributed by atoms with E-state index >= 15 is 0 Å². The van der Waals surface area contributed by atoms with Gasteiger partial charge in [0.15, 0.2) is 5.72 Å². The van der Waals surface area contributed by atoms with Crippen LogP contribution in [0.2, 0.25) is 0 Å². The van der Waals surface area contributed by atoms with Crippen molar-refractivity contribution in [3.8, 4) is 5.75 Å². The van der Waals surface area contributed by atoms with E-state index in [0.29, 0.717) is 5.84 Å². The van der Waals surface area contributed by atoms with Gasteiger partial charge in [0.05, 0.1) is 5.56 Å². The zero-order chi connectivity index (χ0) is 14.9. The molecule has 3 rings (SSSR count). The predicted octanol–water partition coefficient (Wildman–Crippen LogP) is 3.90. The van der Waals surface area contributed by atoms with E-state index < -0.39 is 5.72 Å². The van der Waals surface area contributed by atoms with Gasteiger partial charge in [0, 0.05) is 10.9 Å². The van der Waals surface area contributed by atoms with Gasteiger partial charge in [0.25, 0.3) is 0 Å². The van der Waals surface area contributed by atoms with Crippen LogP contribution in [0.4, 0.5) is 0 Å². The lowest BCUT2D eigenvalue weighted by atomic mass is 10.0. The maximum absolute atomic E-state index is 6.08. The number of rotatable bonds is 3. The minimum Gasteiger partial charge on any atom is -0.466 e. The van der Waals surface area contributed by atoms with Crippen molar-refractivity contribution in [3.63, 3.8) is 0 Å². The maximum atomic E-state index is 6.08. The van der Waals surface area contributed by atoms with Crippen LogP contribution in [0.3, 0.4) is 0 Å². The Morgan fingerprint density at radius 3 is 2.81 bits per heavy atom. The second-order valence-corrected chi connectivity index (χ2v) is 6.32. The molecule has 2 aromatic carbocycles. The summed E-state index contributed by atoms with van der Waals surface area (Å²) in [5, 5.41) is 0. The third-order valence-corrected chi connectivity index (χ3v) is 4.11. The van der Waals surface area contributed by atoms with Gasteiger partial charge in [0.2, 0.25) is 0 Å². The van der Waals surface area contributed by atoms with E-state index in [0.717, 1.165) is 28.6 Å². The molecule has 2 N–H and O–H groups in total. The molecule has 0 aromatic heterocycles. The molecule has 0 fully saturated rings. The smallest absolute Gasteiger partial charge is 0.199 e. The van der Waals surface area contributed by atoms with Crippen LogP contribution >= 0.6 is 15.9 Å². The van der Waals surface area contributed by atoms with E-state index in [1.165, 1.54) is 5.56 Å². The second-order valence-electron chi connectivity index (χ2n) is 5.40. The lowest BCUT2D eigenvalue weighted by Gasteiger charge is -2.32. The molecule has 108 valence electrons. The number of ether oxygens (including phenoxy) is 1. The fraction of sp³-hybridized carbons (Fsp3) is 0.235. The van der Waals surface area contributed by atoms with Crippen LogP contribution in [0.15, 0.2) is 58.0 Å². The second kappa shape index (κ2) is 5.53. The molecule has 1 aliphatic rings. The number of hydrogen-bond donors (Lipinski definition) is 1. The average molecular weight is 345 g/mol. The highest BCUT2D eigenvalue weighted by Gasteiger charge is 2.31. The lowest BCUT2D eigenvalue weighted by Crippen LogP contribution is -2.38. The molecule has 3 nitrogen and oxygen atoms in total. The van der Waals surface area contributed by atoms with Crippen molar-refractivity contribution in [2.75, 3.05) is 0 Å². The Balaban J connectivity index is 1.79. The summed E-state index contributed by atoms with van der Waals surface area (Å²) in [5.74, 6) is 1.36. The summed E-state index contributed by atoms with van der Waals surface area (Å²) in [6.07, 6.45) is 1.66. The number of amidine groups is 1. The monoisotopic (exact) mass is 344 g/mol. The molecule has 0 amide bonds. The third kappa shape index (κ3) is 3.10. The number of aryl methyl sites for hydroxylation is 1. The van der Waals surface area contributed by atoms with Gasteiger partial charge >= 0.3 is 0 Å². The highest BCUT2D eigenvalue weighted by Crippen LogP contribution is 2.32. The number of nitrogens with zero attached hydrogens (tertiary/aromatic N) is 1. The van der Waals surface area contributed by atoms with E-state index in [1.54, 1.807) is 0 Å². The van der Waals surface area contributed by atoms with Gasteiger partial charge in [-0.1, -0.05) is 40.2 Å². The van der Waals surface area contributed by atoms with Gasteiger partial charge in [0.1, 0.15) is 11.6 Å². The summed E-state index contributed by atoms with van der Waals surface area (Å²) in [4.78, 5) is 4.55. The van der Waals surface area contributed by atoms with E-state index in [4.69, 9.17) is 10.5 Å². The van der Waals surface area contributed by atoms with Crippen LogP contribution in [-0.2, 0) is 6.42 Å². The number of halogens is 1. The summed E-state index contributed by atoms with van der Waals surface area (Å²) < 4.78 is 7.15. The van der Waals surface area contributed by atoms with E-state index in [-0.39, 0.29) is 0 Å². The van der Waals surface area contributed by atoms with Crippen LogP contribution in [-0.4, -0.2) is 11.6 Å². The minimum absolute atomic E-state index is 0.550. The van der Waals surface area contributed by atoms with E-state index in [9.17, 15) is 0 Å². The molecule has 1 heterocycles. The molecule has 4 heteroatoms. The Hall–Kier alpha value is -1.81. The van der Waals surface area contributed by atoms with Crippen LogP contribution < -0.4 is 10.5 Å². The zero-order valence-electron chi connectivity index (χ0n) is 11.8. The standard InChI is InChI=1S/C17H17BrN2O/c1-17(10-9-12-5-4-6-13(18)11-12)20-16(19)14-7-2-3-8-15(14)21-17/h2-8,11H,9-10H2,1H3,(H2,19,20). The topological polar surface area (TPSA) is 47.6 Å². The van der Waals surface area contributed by atoms with Crippen molar-refractivity contribution in [1.29, 1.82) is 0 Å². The van der Waals surface area contributed by atoms with Crippen molar-refractivity contribution >= 4 is 21.8 Å². The number of nitrogens with two attached hydrogens (primary N) is 1. The Morgan fingerprint density at radius 2 is 2.00 bits per heavy atom. The Bertz CT molecular complexity index is 699. The van der Waals surface area contributed by atoms with Crippen LogP contribution in [0.5, 0.6) is 5.75 Å². The number of hydrogen-bond acceptors (Lipinski definition) is 3. The van der Waals surface area contributed by atoms with Gasteiger partial charge in [-0.15, -0.1) is 0 Å². The van der Waals surface area contributed by atoms with Crippen LogP contribution in [0.25, 0.3) is 0 Å². The third-order valence-electron chi connectivity index (χ3n) is 3.62. The summed E-state index contributed by atoms with van der Waals surface area (Å²) >= 11 is 3.49. The summed E-state index contributed by atoms with van der Waals surface area (Å²) in [7, 11) is 0. The first-order chi connectivity index (χ1) is 10.1. The summed E-state index contributed by atoms with van der Waals surface area (Å²) in [6.45, 7) is 1.98. The molecule has 0 saturated heterocycles. The fourth-order valence-corrected chi connectivity index (χ4v) is 2.96. The first-order valence-electron chi connectivity index (χ1n) is 6.94. The molecule has 0 aliphatic carbocycles. The van der Waals surface area contributed by atoms with Crippen molar-refractivity contribution in [3.05, 3.63) is 64.1 Å². The molecule has 1 atom stereocenters. The largest absolute Gasteiger partial charge is 0.466 e. The molecular weight excluding hydrogens is 328 g/mol. The fourth-order valence-electron chi connectivity index (χ4n) is 2.52. The maximum Gasteiger partial charge on any atom is 0.199 e. The van der Waals surface area contributed by atoms with E-state index in [2.05, 4.69) is 33.1 Å². The van der Waals surface area contributed by atoms with Crippen LogP contribution in [0.1, 0.15) is 24.5 Å². The highest BCUT2D eigenvalue weighted by atomic mass is 79.9. The first-order valence-corrected chi connectivity index (χ1v) is 7.73. The summed E-state index contributed by atoms with van der Waals surface area (Å²) in [5.41, 5.74) is 7.59. The minimum atomic E-state index is -0.610. The molecule has 1 aliphatic heterocycles. The molecular formula is C17H17BrN2O. The Morgan fingerprint density at radius 1 is 1.19 bits per heavy atom. The predicted molar refractivity (Wildman–Crippen MR) is 88.7 cm³/mol. The van der Waals surface area contributed by atoms with Gasteiger partial charge in [-0.2, -0.15) is 0 Å². The van der Waals surface area contributed by atoms with Gasteiger partial charge in [-0.05, 0) is 43.2 Å². The van der Waals surface area contributed by atoms with Gasteiger partial charge in [-0.3, -0.25) is 0 Å². The van der Waals surface area contributed by atoms with Gasteiger partial charge in [-0.25, -0.2) is 4.99 Å². The van der Waals surface area contributed by atoms with Crippen molar-refractivity contribution in [2.24, 2.45) is 10.7 Å². The number of benzene rings is 2. The summed E-state index contributed by atoms with van der Waals surface area (Å²) in [6, 6.07) is 16.0. The van der Waals surface area contributed by atoms with Gasteiger partial charge < -0.3 is 10.5 Å². The lowest BCUT2D eigenvalue weighted by molar-refractivity contribution is 0.0847. The zero-order valence-corrected chi connectivity index (χ0v) is 13.4. The number of para-hydroxylation sites is 1. The quantitative estimate of drug-likeness (QED) is 0.917. The highest BCUT2D eigenvalue weighted by molar-refractivity contribution is 9.10. The molecule has 0 saturated carbocycles. The Labute approximate surface area is 133 Å². The number of aliphatic imine (C=N–C) groups is 1. The van der Waals surface area contributed by atoms with Crippen molar-refractivity contribution < 1.29 is 4.74 Å². The first kappa shape index (κ1) is 14.1. The molecule has 21 heavy (non-hydrogen) atoms. The van der Waals surface area contributed by atoms with Crippen molar-refractivity contribution in [2.45, 2.75) is 25.5 Å². The molecule has 2 aromatic rings. The Kier molecular flexibility index (Phi) is 3.72. The molecule has 0 spiro atoms. The molecule has 1 unspecified atom stereocenters. The van der Waals surface area contributed by atoms with Crippen LogP contribution in [0, 0.1) is 0 Å². The van der Waals surface area contributed by atoms with E-state index in [1.807, 2.05) is 43.3 Å². The SMILES string of the molecule is CC1(CCc2cccc(Br)c2)N=C(N)c2ccccc2O1. The normalized spacial score (nSPS) is 20.4. The molecule has 0 bridgehead atoms. The van der Waals surface area contributed by atoms with Crippen molar-refractivity contribution in [1.82, 2.24) is 0 Å².